The van der Waals surface area contributed by atoms with Crippen molar-refractivity contribution in [2.75, 3.05) is 37.1 Å². The van der Waals surface area contributed by atoms with Gasteiger partial charge in [0.05, 0.1) is 23.0 Å². The lowest BCUT2D eigenvalue weighted by Crippen LogP contribution is -2.21. The number of Topliss-reactive ketones (excluding diaryl/α,β-unsaturated/α-hetero) is 2. The Morgan fingerprint density at radius 2 is 0.985 bits per heavy atom. The van der Waals surface area contributed by atoms with Gasteiger partial charge in [0.2, 0.25) is 0 Å². The van der Waals surface area contributed by atoms with Crippen molar-refractivity contribution in [1.82, 2.24) is 0 Å². The van der Waals surface area contributed by atoms with Crippen LogP contribution in [0.25, 0.3) is 20.9 Å². The quantitative estimate of drug-likeness (QED) is 0.0402. The second-order valence-corrected chi connectivity index (χ2v) is 19.0. The van der Waals surface area contributed by atoms with E-state index in [1.165, 1.54) is 22.7 Å². The molecule has 2 fully saturated rings. The van der Waals surface area contributed by atoms with Crippen molar-refractivity contribution in [2.24, 2.45) is 11.8 Å². The Bertz CT molecular complexity index is 2480. The summed E-state index contributed by atoms with van der Waals surface area (Å²) in [4.78, 5) is 53.6. The predicted octanol–water partition coefficient (Wildman–Crippen LogP) is 9.38. The summed E-state index contributed by atoms with van der Waals surface area (Å²) in [6, 6.07) is 33.0. The Hall–Kier alpha value is -6.00. The predicted molar refractivity (Wildman–Crippen MR) is 258 cm³/mol. The molecule has 2 saturated carbocycles. The molecule has 66 heavy (non-hydrogen) atoms. The summed E-state index contributed by atoms with van der Waals surface area (Å²) >= 11 is 2.72. The zero-order chi connectivity index (χ0) is 46.7. The fourth-order valence-electron chi connectivity index (χ4n) is 6.83. The molecule has 2 atom stereocenters. The minimum atomic E-state index is -0.934. The fraction of sp³-hybridized carbons (Fsp3) is 0.308. The number of carbonyl (C=O) groups is 4. The van der Waals surface area contributed by atoms with Crippen LogP contribution in [0.15, 0.2) is 109 Å². The Balaban J connectivity index is 0.000000196. The van der Waals surface area contributed by atoms with Gasteiger partial charge in [-0.1, -0.05) is 48.5 Å². The van der Waals surface area contributed by atoms with Gasteiger partial charge < -0.3 is 40.5 Å². The highest BCUT2D eigenvalue weighted by Gasteiger charge is 2.26. The molecule has 0 radical (unpaired) electrons. The van der Waals surface area contributed by atoms with Crippen LogP contribution in [0.4, 0.5) is 11.4 Å². The molecular formula is C52H54N2O10S2. The number of thiophene rings is 2. The smallest absolute Gasteiger partial charge is 0.265 e. The number of carbonyl (C=O) groups excluding carboxylic acids is 4. The van der Waals surface area contributed by atoms with Crippen LogP contribution >= 0.6 is 22.7 Å². The molecule has 2 heterocycles. The number of benzene rings is 4. The minimum absolute atomic E-state index is 0.000373. The first-order valence-electron chi connectivity index (χ1n) is 22.0. The number of nitrogens with one attached hydrogen (secondary N) is 2. The second-order valence-electron chi connectivity index (χ2n) is 16.8. The first kappa shape index (κ1) is 47.9. The van der Waals surface area contributed by atoms with Gasteiger partial charge in [0.15, 0.2) is 11.6 Å². The Labute approximate surface area is 391 Å². The third-order valence-corrected chi connectivity index (χ3v) is 13.4. The van der Waals surface area contributed by atoms with Gasteiger partial charge in [0.1, 0.15) is 36.9 Å². The largest absolute Gasteiger partial charge is 0.491 e. The van der Waals surface area contributed by atoms with Crippen LogP contribution in [0, 0.1) is 25.7 Å². The van der Waals surface area contributed by atoms with E-state index in [0.717, 1.165) is 57.7 Å². The van der Waals surface area contributed by atoms with Crippen molar-refractivity contribution in [3.63, 3.8) is 0 Å². The van der Waals surface area contributed by atoms with E-state index in [9.17, 15) is 29.4 Å². The monoisotopic (exact) mass is 930 g/mol. The van der Waals surface area contributed by atoms with Crippen LogP contribution in [0.3, 0.4) is 0 Å². The zero-order valence-electron chi connectivity index (χ0n) is 36.8. The SMILES string of the molecule is Cc1ccc(C(=O)CC2CC2)cc1NC(=O)c1ccc(-c2cccc(OC[C@@H](O)CO)c2)s1.Cc1ccc(C(=O)CC2CC2)cc1NC(=O)c1ccc(-c2cccc(OC[C@H](O)CO)c2)s1. The summed E-state index contributed by atoms with van der Waals surface area (Å²) < 4.78 is 11.0. The molecule has 2 aliphatic rings. The van der Waals surface area contributed by atoms with Gasteiger partial charge in [-0.25, -0.2) is 0 Å². The second kappa shape index (κ2) is 22.5. The molecule has 2 amide bonds. The van der Waals surface area contributed by atoms with Gasteiger partial charge in [-0.15, -0.1) is 22.7 Å². The molecule has 4 aromatic carbocycles. The van der Waals surface area contributed by atoms with Crippen molar-refractivity contribution in [3.05, 3.63) is 141 Å². The Kier molecular flexibility index (Phi) is 16.3. The van der Waals surface area contributed by atoms with Gasteiger partial charge in [-0.05, 0) is 134 Å². The van der Waals surface area contributed by atoms with Crippen molar-refractivity contribution in [1.29, 1.82) is 0 Å². The van der Waals surface area contributed by atoms with Crippen LogP contribution < -0.4 is 20.1 Å². The van der Waals surface area contributed by atoms with Crippen LogP contribution in [0.1, 0.15) is 89.7 Å². The Morgan fingerprint density at radius 3 is 1.36 bits per heavy atom. The molecule has 2 aliphatic carbocycles. The zero-order valence-corrected chi connectivity index (χ0v) is 38.5. The number of hydrogen-bond donors (Lipinski definition) is 6. The summed E-state index contributed by atoms with van der Waals surface area (Å²) in [6.07, 6.45) is 3.79. The average molecular weight is 931 g/mol. The molecule has 6 aromatic rings. The van der Waals surface area contributed by atoms with E-state index in [2.05, 4.69) is 10.6 Å². The van der Waals surface area contributed by atoms with E-state index in [1.807, 2.05) is 86.6 Å². The van der Waals surface area contributed by atoms with Crippen LogP contribution in [-0.4, -0.2) is 82.4 Å². The summed E-state index contributed by atoms with van der Waals surface area (Å²) in [5.74, 6) is 1.99. The van der Waals surface area contributed by atoms with E-state index in [1.54, 1.807) is 36.4 Å². The molecule has 14 heteroatoms. The molecular weight excluding hydrogens is 877 g/mol. The molecule has 6 N–H and O–H groups in total. The highest BCUT2D eigenvalue weighted by atomic mass is 32.1. The lowest BCUT2D eigenvalue weighted by molar-refractivity contribution is 0.0536. The third-order valence-electron chi connectivity index (χ3n) is 11.2. The number of aryl methyl sites for hydroxylation is 2. The normalized spacial score (nSPS) is 14.0. The molecule has 0 aliphatic heterocycles. The van der Waals surface area contributed by atoms with E-state index < -0.39 is 12.2 Å². The molecule has 8 rings (SSSR count). The topological polar surface area (TPSA) is 192 Å². The van der Waals surface area contributed by atoms with Crippen LogP contribution in [-0.2, 0) is 0 Å². The maximum absolute atomic E-state index is 12.9. The van der Waals surface area contributed by atoms with E-state index >= 15 is 0 Å². The Morgan fingerprint density at radius 1 is 0.576 bits per heavy atom. The highest BCUT2D eigenvalue weighted by molar-refractivity contribution is 7.17. The van der Waals surface area contributed by atoms with Gasteiger partial charge in [0.25, 0.3) is 11.8 Å². The fourth-order valence-corrected chi connectivity index (χ4v) is 8.63. The number of hydrogen-bond acceptors (Lipinski definition) is 12. The maximum atomic E-state index is 12.9. The van der Waals surface area contributed by atoms with Gasteiger partial charge in [-0.3, -0.25) is 19.2 Å². The molecule has 0 spiro atoms. The van der Waals surface area contributed by atoms with Crippen molar-refractivity contribution < 1.29 is 49.1 Å². The number of ether oxygens (including phenoxy) is 2. The first-order chi connectivity index (χ1) is 31.8. The van der Waals surface area contributed by atoms with E-state index in [4.69, 9.17) is 19.7 Å². The number of rotatable bonds is 20. The number of aliphatic hydroxyl groups is 4. The number of amides is 2. The molecule has 0 unspecified atom stereocenters. The van der Waals surface area contributed by atoms with Gasteiger partial charge in [-0.2, -0.15) is 0 Å². The summed E-state index contributed by atoms with van der Waals surface area (Å²) in [6.45, 7) is 3.09. The number of ketones is 2. The van der Waals surface area contributed by atoms with E-state index in [0.29, 0.717) is 68.4 Å². The van der Waals surface area contributed by atoms with Crippen molar-refractivity contribution in [2.45, 2.75) is 64.6 Å². The maximum Gasteiger partial charge on any atom is 0.265 e. The van der Waals surface area contributed by atoms with Crippen LogP contribution in [0.2, 0.25) is 0 Å². The lowest BCUT2D eigenvalue weighted by atomic mass is 10.0. The summed E-state index contributed by atoms with van der Waals surface area (Å²) in [7, 11) is 0. The summed E-state index contributed by atoms with van der Waals surface area (Å²) in [5, 5.41) is 42.7. The number of anilines is 2. The molecule has 0 saturated heterocycles. The van der Waals surface area contributed by atoms with Gasteiger partial charge >= 0.3 is 0 Å². The van der Waals surface area contributed by atoms with E-state index in [-0.39, 0.29) is 49.8 Å². The van der Waals surface area contributed by atoms with Gasteiger partial charge in [0, 0.05) is 45.1 Å². The van der Waals surface area contributed by atoms with Crippen molar-refractivity contribution >= 4 is 57.4 Å². The number of aliphatic hydroxyl groups excluding tert-OH is 4. The average Bonchev–Trinajstić information content (AvgIpc) is 4.22. The molecule has 344 valence electrons. The molecule has 2 aromatic heterocycles. The first-order valence-corrected chi connectivity index (χ1v) is 23.6. The standard InChI is InChI=1S/2C26H27NO5S/c2*1-16-5-8-18(23(30)11-17-6-7-17)13-22(16)27-26(31)25-10-9-24(33-25)19-3-2-4-21(12-19)32-15-20(29)14-28/h2*2-5,8-10,12-13,17,20,28-29H,6-7,11,14-15H2,1H3,(H,27,31)/t2*20-/m10/s1. The lowest BCUT2D eigenvalue weighted by Gasteiger charge is -2.10. The highest BCUT2D eigenvalue weighted by Crippen LogP contribution is 2.36. The summed E-state index contributed by atoms with van der Waals surface area (Å²) in [5.41, 5.74) is 6.15. The van der Waals surface area contributed by atoms with Crippen LogP contribution in [0.5, 0.6) is 11.5 Å². The minimum Gasteiger partial charge on any atom is -0.491 e. The third kappa shape index (κ3) is 13.5. The molecule has 0 bridgehead atoms. The van der Waals surface area contributed by atoms with Crippen molar-refractivity contribution in [3.8, 4) is 32.4 Å². The molecule has 12 nitrogen and oxygen atoms in total.